The molecule has 0 aromatic carbocycles. The van der Waals surface area contributed by atoms with Crippen molar-refractivity contribution in [1.29, 1.82) is 0 Å². The van der Waals surface area contributed by atoms with Crippen molar-refractivity contribution >= 4 is 5.97 Å². The summed E-state index contributed by atoms with van der Waals surface area (Å²) in [6.07, 6.45) is 1.55. The summed E-state index contributed by atoms with van der Waals surface area (Å²) in [6.45, 7) is -0.132. The number of ether oxygens (including phenoxy) is 1. The third-order valence-corrected chi connectivity index (χ3v) is 0.860. The van der Waals surface area contributed by atoms with Crippen LogP contribution in [0.2, 0.25) is 0 Å². The van der Waals surface area contributed by atoms with Crippen molar-refractivity contribution in [1.82, 2.24) is 10.2 Å². The van der Waals surface area contributed by atoms with Crippen LogP contribution in [-0.2, 0) is 4.79 Å². The molecular formula is C5H7N3O2. The van der Waals surface area contributed by atoms with Crippen molar-refractivity contribution in [2.45, 2.75) is 0 Å². The smallest absolute Gasteiger partial charge is 0.326 e. The number of carbonyl (C=O) groups excluding carboxylic acids is 1. The van der Waals surface area contributed by atoms with Gasteiger partial charge < -0.3 is 10.5 Å². The normalized spacial score (nSPS) is 9.30. The maximum absolute atomic E-state index is 10.5. The number of rotatable bonds is 2. The van der Waals surface area contributed by atoms with Crippen LogP contribution in [-0.4, -0.2) is 22.7 Å². The monoisotopic (exact) mass is 141 g/mol. The van der Waals surface area contributed by atoms with Crippen LogP contribution in [0.5, 0.6) is 5.88 Å². The van der Waals surface area contributed by atoms with E-state index in [-0.39, 0.29) is 12.4 Å². The Bertz CT molecular complexity index is 207. The second kappa shape index (κ2) is 2.98. The van der Waals surface area contributed by atoms with E-state index in [4.69, 9.17) is 5.73 Å². The molecule has 0 aliphatic rings. The van der Waals surface area contributed by atoms with Crippen LogP contribution in [0, 0.1) is 0 Å². The van der Waals surface area contributed by atoms with Gasteiger partial charge in [-0.1, -0.05) is 0 Å². The minimum atomic E-state index is -0.493. The second-order valence-electron chi connectivity index (χ2n) is 1.59. The van der Waals surface area contributed by atoms with Gasteiger partial charge in [-0.05, 0) is 0 Å². The molecule has 1 rings (SSSR count). The molecule has 0 atom stereocenters. The van der Waals surface area contributed by atoms with Gasteiger partial charge in [0.05, 0.1) is 6.54 Å². The summed E-state index contributed by atoms with van der Waals surface area (Å²) in [4.78, 5) is 10.5. The molecule has 1 heterocycles. The molecule has 0 aliphatic carbocycles. The number of nitrogens with one attached hydrogen (secondary N) is 1. The van der Waals surface area contributed by atoms with E-state index in [0.29, 0.717) is 0 Å². The van der Waals surface area contributed by atoms with Crippen LogP contribution in [0.3, 0.4) is 0 Å². The molecule has 0 unspecified atom stereocenters. The van der Waals surface area contributed by atoms with Gasteiger partial charge in [-0.15, -0.1) is 5.10 Å². The van der Waals surface area contributed by atoms with Gasteiger partial charge >= 0.3 is 5.97 Å². The highest BCUT2D eigenvalue weighted by Gasteiger charge is 2.01. The fraction of sp³-hybridized carbons (Fsp3) is 0.200. The standard InChI is InChI=1S/C5H7N3O2/c6-3-5(9)10-4-1-2-7-8-4/h1-2H,3,6H2,(H,7,8). The largest absolute Gasteiger partial charge is 0.405 e. The van der Waals surface area contributed by atoms with Crippen molar-refractivity contribution < 1.29 is 9.53 Å². The summed E-state index contributed by atoms with van der Waals surface area (Å²) in [5.41, 5.74) is 4.98. The zero-order chi connectivity index (χ0) is 7.40. The number of hydrogen-bond donors (Lipinski definition) is 2. The molecule has 1 aromatic heterocycles. The molecule has 0 aliphatic heterocycles. The number of esters is 1. The molecular weight excluding hydrogens is 134 g/mol. The molecule has 0 saturated carbocycles. The Morgan fingerprint density at radius 3 is 3.20 bits per heavy atom. The zero-order valence-electron chi connectivity index (χ0n) is 5.20. The summed E-state index contributed by atoms with van der Waals surface area (Å²) in [6, 6.07) is 1.54. The molecule has 0 radical (unpaired) electrons. The molecule has 3 N–H and O–H groups in total. The summed E-state index contributed by atoms with van der Waals surface area (Å²) in [5.74, 6) is -0.248. The molecule has 54 valence electrons. The first-order valence-electron chi connectivity index (χ1n) is 2.73. The Labute approximate surface area is 57.2 Å². The molecule has 10 heavy (non-hydrogen) atoms. The number of H-pyrrole nitrogens is 1. The van der Waals surface area contributed by atoms with E-state index in [1.165, 1.54) is 6.07 Å². The predicted molar refractivity (Wildman–Crippen MR) is 33.3 cm³/mol. The van der Waals surface area contributed by atoms with Crippen LogP contribution in [0.4, 0.5) is 0 Å². The van der Waals surface area contributed by atoms with Crippen molar-refractivity contribution in [3.8, 4) is 5.88 Å². The number of aromatic amines is 1. The molecule has 0 fully saturated rings. The maximum Gasteiger partial charge on any atom is 0.326 e. The van der Waals surface area contributed by atoms with Gasteiger partial charge in [-0.3, -0.25) is 9.89 Å². The van der Waals surface area contributed by atoms with E-state index < -0.39 is 5.97 Å². The van der Waals surface area contributed by atoms with Crippen LogP contribution in [0.1, 0.15) is 0 Å². The van der Waals surface area contributed by atoms with E-state index in [9.17, 15) is 4.79 Å². The lowest BCUT2D eigenvalue weighted by Crippen LogP contribution is -2.19. The molecule has 0 spiro atoms. The molecule has 0 amide bonds. The maximum atomic E-state index is 10.5. The minimum absolute atomic E-state index is 0.132. The predicted octanol–water partition coefficient (Wildman–Crippen LogP) is -0.726. The van der Waals surface area contributed by atoms with Gasteiger partial charge in [-0.25, -0.2) is 0 Å². The summed E-state index contributed by atoms with van der Waals surface area (Å²) < 4.78 is 4.60. The van der Waals surface area contributed by atoms with Gasteiger partial charge in [-0.2, -0.15) is 0 Å². The molecule has 5 nitrogen and oxygen atoms in total. The quantitative estimate of drug-likeness (QED) is 0.532. The van der Waals surface area contributed by atoms with Crippen molar-refractivity contribution in [3.05, 3.63) is 12.3 Å². The molecule has 0 saturated heterocycles. The summed E-state index contributed by atoms with van der Waals surface area (Å²) in [7, 11) is 0. The fourth-order valence-electron chi connectivity index (χ4n) is 0.462. The van der Waals surface area contributed by atoms with Gasteiger partial charge in [0.25, 0.3) is 0 Å². The number of hydrogen-bond acceptors (Lipinski definition) is 4. The van der Waals surface area contributed by atoms with Gasteiger partial charge in [0.15, 0.2) is 0 Å². The molecule has 5 heteroatoms. The van der Waals surface area contributed by atoms with Crippen LogP contribution >= 0.6 is 0 Å². The third kappa shape index (κ3) is 1.56. The topological polar surface area (TPSA) is 81.0 Å². The average molecular weight is 141 g/mol. The molecule has 0 bridgehead atoms. The van der Waals surface area contributed by atoms with E-state index in [1.54, 1.807) is 6.20 Å². The second-order valence-corrected chi connectivity index (χ2v) is 1.59. The van der Waals surface area contributed by atoms with Crippen LogP contribution in [0.15, 0.2) is 12.3 Å². The Hall–Kier alpha value is -1.36. The number of nitrogens with zero attached hydrogens (tertiary/aromatic N) is 1. The minimum Gasteiger partial charge on any atom is -0.405 e. The van der Waals surface area contributed by atoms with Crippen molar-refractivity contribution in [2.24, 2.45) is 5.73 Å². The number of carbonyl (C=O) groups is 1. The first-order valence-corrected chi connectivity index (χ1v) is 2.73. The van der Waals surface area contributed by atoms with Crippen molar-refractivity contribution in [2.75, 3.05) is 6.54 Å². The Kier molecular flexibility index (Phi) is 2.01. The Balaban J connectivity index is 2.48. The van der Waals surface area contributed by atoms with E-state index in [1.807, 2.05) is 0 Å². The lowest BCUT2D eigenvalue weighted by atomic mass is 10.6. The SMILES string of the molecule is NCC(=O)Oc1cc[nH]n1. The third-order valence-electron chi connectivity index (χ3n) is 0.860. The zero-order valence-corrected chi connectivity index (χ0v) is 5.20. The van der Waals surface area contributed by atoms with E-state index in [0.717, 1.165) is 0 Å². The highest BCUT2D eigenvalue weighted by Crippen LogP contribution is 2.00. The first kappa shape index (κ1) is 6.76. The Morgan fingerprint density at radius 2 is 2.70 bits per heavy atom. The molecule has 1 aromatic rings. The van der Waals surface area contributed by atoms with Crippen LogP contribution < -0.4 is 10.5 Å². The average Bonchev–Trinajstić information content (AvgIpc) is 2.40. The van der Waals surface area contributed by atoms with Gasteiger partial charge in [0.2, 0.25) is 5.88 Å². The first-order chi connectivity index (χ1) is 4.83. The highest BCUT2D eigenvalue weighted by molar-refractivity contribution is 5.73. The summed E-state index contributed by atoms with van der Waals surface area (Å²) >= 11 is 0. The fourth-order valence-corrected chi connectivity index (χ4v) is 0.462. The number of aromatic nitrogens is 2. The Morgan fingerprint density at radius 1 is 1.90 bits per heavy atom. The lowest BCUT2D eigenvalue weighted by molar-refractivity contribution is -0.133. The van der Waals surface area contributed by atoms with E-state index >= 15 is 0 Å². The highest BCUT2D eigenvalue weighted by atomic mass is 16.5. The van der Waals surface area contributed by atoms with Crippen molar-refractivity contribution in [3.63, 3.8) is 0 Å². The summed E-state index contributed by atoms with van der Waals surface area (Å²) in [5, 5.41) is 6.07. The van der Waals surface area contributed by atoms with Crippen LogP contribution in [0.25, 0.3) is 0 Å². The number of nitrogens with two attached hydrogens (primary N) is 1. The lowest BCUT2D eigenvalue weighted by Gasteiger charge is -1.94. The van der Waals surface area contributed by atoms with Gasteiger partial charge in [0.1, 0.15) is 0 Å². The van der Waals surface area contributed by atoms with E-state index in [2.05, 4.69) is 14.9 Å². The van der Waals surface area contributed by atoms with Gasteiger partial charge in [0, 0.05) is 12.3 Å².